The number of nitrogens with two attached hydrogens (primary N) is 1. The third kappa shape index (κ3) is 3.78. The zero-order valence-electron chi connectivity index (χ0n) is 11.0. The van der Waals surface area contributed by atoms with Crippen molar-refractivity contribution in [1.82, 2.24) is 4.98 Å². The molecule has 0 unspecified atom stereocenters. The van der Waals surface area contributed by atoms with Gasteiger partial charge in [0, 0.05) is 10.7 Å². The van der Waals surface area contributed by atoms with Gasteiger partial charge in [0.2, 0.25) is 0 Å². The second kappa shape index (κ2) is 6.08. The first-order valence-corrected chi connectivity index (χ1v) is 8.53. The molecule has 0 amide bonds. The quantitative estimate of drug-likeness (QED) is 0.789. The fourth-order valence-corrected chi connectivity index (χ4v) is 3.14. The predicted molar refractivity (Wildman–Crippen MR) is 89.8 cm³/mol. The Hall–Kier alpha value is -1.51. The summed E-state index contributed by atoms with van der Waals surface area (Å²) < 4.78 is 27.9. The molecule has 0 spiro atoms. The van der Waals surface area contributed by atoms with Crippen LogP contribution < -0.4 is 10.5 Å². The molecule has 21 heavy (non-hydrogen) atoms. The molecule has 0 aliphatic carbocycles. The monoisotopic (exact) mass is 385 g/mol. The lowest BCUT2D eigenvalue weighted by atomic mass is 10.2. The van der Waals surface area contributed by atoms with Gasteiger partial charge in [0.15, 0.2) is 0 Å². The zero-order valence-corrected chi connectivity index (χ0v) is 14.2. The molecule has 1 heterocycles. The number of sulfonamides is 1. The number of rotatable bonds is 4. The Morgan fingerprint density at radius 2 is 2.05 bits per heavy atom. The summed E-state index contributed by atoms with van der Waals surface area (Å²) in [6.45, 7) is 1.82. The van der Waals surface area contributed by atoms with E-state index in [1.54, 1.807) is 6.07 Å². The van der Waals surface area contributed by atoms with Crippen molar-refractivity contribution in [3.05, 3.63) is 52.3 Å². The highest BCUT2D eigenvalue weighted by atomic mass is 79.9. The van der Waals surface area contributed by atoms with Gasteiger partial charge in [-0.05, 0) is 36.8 Å². The number of nitrogens with one attached hydrogen (secondary N) is 1. The number of hydrogen-bond acceptors (Lipinski definition) is 4. The highest BCUT2D eigenvalue weighted by molar-refractivity contribution is 9.10. The molecule has 2 rings (SSSR count). The Morgan fingerprint density at radius 1 is 1.33 bits per heavy atom. The Morgan fingerprint density at radius 3 is 2.62 bits per heavy atom. The van der Waals surface area contributed by atoms with E-state index in [4.69, 9.17) is 18.0 Å². The molecule has 0 radical (unpaired) electrons. The third-order valence-corrected chi connectivity index (χ3v) is 4.80. The van der Waals surface area contributed by atoms with Crippen molar-refractivity contribution < 1.29 is 8.42 Å². The summed E-state index contributed by atoms with van der Waals surface area (Å²) in [6, 6.07) is 8.24. The van der Waals surface area contributed by atoms with Gasteiger partial charge in [0.1, 0.15) is 9.88 Å². The van der Waals surface area contributed by atoms with E-state index >= 15 is 0 Å². The van der Waals surface area contributed by atoms with Crippen LogP contribution in [0.2, 0.25) is 0 Å². The lowest BCUT2D eigenvalue weighted by Crippen LogP contribution is -2.16. The minimum Gasteiger partial charge on any atom is -0.388 e. The van der Waals surface area contributed by atoms with Gasteiger partial charge in [-0.1, -0.05) is 34.2 Å². The summed E-state index contributed by atoms with van der Waals surface area (Å²) in [5.74, 6) is 0. The molecule has 0 saturated heterocycles. The number of pyridine rings is 1. The molecule has 0 bridgehead atoms. The maximum absolute atomic E-state index is 12.3. The number of aromatic nitrogens is 1. The van der Waals surface area contributed by atoms with Gasteiger partial charge in [-0.25, -0.2) is 8.42 Å². The molecule has 2 aromatic rings. The number of benzene rings is 1. The largest absolute Gasteiger partial charge is 0.388 e. The molecule has 5 nitrogen and oxygen atoms in total. The van der Waals surface area contributed by atoms with E-state index in [1.807, 2.05) is 19.1 Å². The number of thiocarbonyl (C=S) groups is 1. The molecule has 0 aliphatic rings. The van der Waals surface area contributed by atoms with E-state index in [1.165, 1.54) is 18.3 Å². The van der Waals surface area contributed by atoms with Crippen molar-refractivity contribution in [3.8, 4) is 0 Å². The molecule has 1 aromatic heterocycles. The molecule has 1 aromatic carbocycles. The average molecular weight is 386 g/mol. The van der Waals surface area contributed by atoms with E-state index in [9.17, 15) is 8.42 Å². The number of halogens is 1. The van der Waals surface area contributed by atoms with Crippen LogP contribution in [0.3, 0.4) is 0 Å². The lowest BCUT2D eigenvalue weighted by Gasteiger charge is -2.11. The Balaban J connectivity index is 2.34. The van der Waals surface area contributed by atoms with E-state index < -0.39 is 10.0 Å². The Bertz CT molecular complexity index is 790. The molecule has 0 atom stereocenters. The van der Waals surface area contributed by atoms with Crippen molar-refractivity contribution >= 4 is 48.8 Å². The fraction of sp³-hybridized carbons (Fsp3) is 0.0769. The summed E-state index contributed by atoms with van der Waals surface area (Å²) >= 11 is 8.09. The molecule has 8 heteroatoms. The van der Waals surface area contributed by atoms with Crippen molar-refractivity contribution in [3.63, 3.8) is 0 Å². The van der Waals surface area contributed by atoms with Crippen molar-refractivity contribution in [2.24, 2.45) is 5.73 Å². The van der Waals surface area contributed by atoms with Gasteiger partial charge < -0.3 is 5.73 Å². The minimum atomic E-state index is -3.71. The number of hydrogen-bond donors (Lipinski definition) is 2. The molecule has 0 saturated carbocycles. The summed E-state index contributed by atoms with van der Waals surface area (Å²) in [6.07, 6.45) is 1.23. The Labute approximate surface area is 136 Å². The van der Waals surface area contributed by atoms with E-state index in [-0.39, 0.29) is 9.88 Å². The van der Waals surface area contributed by atoms with Crippen molar-refractivity contribution in [2.45, 2.75) is 11.8 Å². The van der Waals surface area contributed by atoms with Crippen LogP contribution in [0, 0.1) is 6.92 Å². The maximum atomic E-state index is 12.3. The van der Waals surface area contributed by atoms with Crippen LogP contribution in [0.5, 0.6) is 0 Å². The first-order valence-electron chi connectivity index (χ1n) is 5.84. The number of aryl methyl sites for hydroxylation is 1. The number of anilines is 1. The van der Waals surface area contributed by atoms with Gasteiger partial charge >= 0.3 is 0 Å². The number of nitrogens with zero attached hydrogens (tertiary/aromatic N) is 1. The smallest absolute Gasteiger partial charge is 0.263 e. The molecule has 0 aliphatic heterocycles. The summed E-state index contributed by atoms with van der Waals surface area (Å²) in [4.78, 5) is 4.09. The van der Waals surface area contributed by atoms with E-state index in [0.29, 0.717) is 11.4 Å². The third-order valence-electron chi connectivity index (χ3n) is 2.74. The summed E-state index contributed by atoms with van der Waals surface area (Å²) in [5, 5.41) is 0. The van der Waals surface area contributed by atoms with Crippen LogP contribution in [0.1, 0.15) is 11.3 Å². The van der Waals surface area contributed by atoms with Crippen LogP contribution in [-0.2, 0) is 10.0 Å². The first kappa shape index (κ1) is 15.9. The van der Waals surface area contributed by atoms with Crippen LogP contribution in [0.15, 0.2) is 45.9 Å². The van der Waals surface area contributed by atoms with Gasteiger partial charge in [0.05, 0.1) is 11.4 Å². The summed E-state index contributed by atoms with van der Waals surface area (Å²) in [7, 11) is -3.71. The molecular formula is C13H12BrN3O2S2. The molecule has 110 valence electrons. The normalized spacial score (nSPS) is 11.1. The van der Waals surface area contributed by atoms with Crippen LogP contribution in [-0.4, -0.2) is 18.4 Å². The highest BCUT2D eigenvalue weighted by Crippen LogP contribution is 2.23. The van der Waals surface area contributed by atoms with Crippen LogP contribution in [0.4, 0.5) is 5.69 Å². The summed E-state index contributed by atoms with van der Waals surface area (Å²) in [5.41, 5.74) is 7.13. The Kier molecular flexibility index (Phi) is 4.60. The standard InChI is InChI=1S/C13H12BrN3O2S2/c1-8-2-3-9(14)6-12(8)17-21(18,19)10-4-5-11(13(15)20)16-7-10/h2-7,17H,1H3,(H2,15,20). The average Bonchev–Trinajstić information content (AvgIpc) is 2.43. The second-order valence-electron chi connectivity index (χ2n) is 4.31. The van der Waals surface area contributed by atoms with Crippen molar-refractivity contribution in [2.75, 3.05) is 4.72 Å². The van der Waals surface area contributed by atoms with Gasteiger partial charge in [-0.2, -0.15) is 0 Å². The van der Waals surface area contributed by atoms with Gasteiger partial charge in [-0.15, -0.1) is 0 Å². The minimum absolute atomic E-state index is 0.0434. The fourth-order valence-electron chi connectivity index (χ4n) is 1.59. The van der Waals surface area contributed by atoms with E-state index in [0.717, 1.165) is 10.0 Å². The predicted octanol–water partition coefficient (Wildman–Crippen LogP) is 2.59. The topological polar surface area (TPSA) is 85.1 Å². The molecular weight excluding hydrogens is 374 g/mol. The van der Waals surface area contributed by atoms with E-state index in [2.05, 4.69) is 25.6 Å². The van der Waals surface area contributed by atoms with Gasteiger partial charge in [-0.3, -0.25) is 9.71 Å². The van der Waals surface area contributed by atoms with Gasteiger partial charge in [0.25, 0.3) is 10.0 Å². The zero-order chi connectivity index (χ0) is 15.6. The second-order valence-corrected chi connectivity index (χ2v) is 7.35. The highest BCUT2D eigenvalue weighted by Gasteiger charge is 2.16. The SMILES string of the molecule is Cc1ccc(Br)cc1NS(=O)(=O)c1ccc(C(N)=S)nc1. The molecule has 3 N–H and O–H groups in total. The maximum Gasteiger partial charge on any atom is 0.263 e. The lowest BCUT2D eigenvalue weighted by molar-refractivity contribution is 0.600. The first-order chi connectivity index (χ1) is 9.79. The van der Waals surface area contributed by atoms with Crippen LogP contribution >= 0.6 is 28.1 Å². The van der Waals surface area contributed by atoms with Crippen molar-refractivity contribution in [1.29, 1.82) is 0 Å². The van der Waals surface area contributed by atoms with Crippen LogP contribution in [0.25, 0.3) is 0 Å². The molecule has 0 fully saturated rings.